The van der Waals surface area contributed by atoms with Crippen LogP contribution >= 0.6 is 0 Å². The molecule has 6 nitrogen and oxygen atoms in total. The van der Waals surface area contributed by atoms with Crippen molar-refractivity contribution in [1.82, 2.24) is 0 Å². The predicted molar refractivity (Wildman–Crippen MR) is 90.8 cm³/mol. The number of hydrogen-bond donors (Lipinski definition) is 0. The van der Waals surface area contributed by atoms with Crippen LogP contribution in [0.25, 0.3) is 0 Å². The fourth-order valence-corrected chi connectivity index (χ4v) is 1.94. The van der Waals surface area contributed by atoms with Crippen molar-refractivity contribution in [2.75, 3.05) is 26.4 Å². The summed E-state index contributed by atoms with van der Waals surface area (Å²) in [5.74, 6) is 0.153. The third-order valence-corrected chi connectivity index (χ3v) is 3.06. The third kappa shape index (κ3) is 6.55. The summed E-state index contributed by atoms with van der Waals surface area (Å²) < 4.78 is 20.7. The molecule has 0 atom stereocenters. The van der Waals surface area contributed by atoms with Gasteiger partial charge in [0.2, 0.25) is 0 Å². The molecule has 0 spiro atoms. The van der Waals surface area contributed by atoms with Gasteiger partial charge in [0.25, 0.3) is 0 Å². The van der Waals surface area contributed by atoms with Crippen molar-refractivity contribution >= 4 is 11.9 Å². The van der Waals surface area contributed by atoms with E-state index in [0.29, 0.717) is 23.7 Å². The lowest BCUT2D eigenvalue weighted by atomic mass is 10.2. The first-order chi connectivity index (χ1) is 12.2. The summed E-state index contributed by atoms with van der Waals surface area (Å²) in [6.45, 7) is 2.16. The van der Waals surface area contributed by atoms with E-state index >= 15 is 0 Å². The number of esters is 2. The van der Waals surface area contributed by atoms with Crippen LogP contribution in [0.2, 0.25) is 0 Å². The van der Waals surface area contributed by atoms with Crippen molar-refractivity contribution in [1.29, 1.82) is 0 Å². The van der Waals surface area contributed by atoms with Crippen molar-refractivity contribution in [2.45, 2.75) is 6.92 Å². The lowest BCUT2D eigenvalue weighted by Crippen LogP contribution is -2.18. The Morgan fingerprint density at radius 1 is 0.840 bits per heavy atom. The van der Waals surface area contributed by atoms with Crippen LogP contribution in [0.4, 0.5) is 0 Å². The molecule has 6 heteroatoms. The van der Waals surface area contributed by atoms with Gasteiger partial charge < -0.3 is 18.9 Å². The maximum absolute atomic E-state index is 11.7. The number of rotatable bonds is 9. The minimum absolute atomic E-state index is 0.125. The summed E-state index contributed by atoms with van der Waals surface area (Å²) >= 11 is 0. The quantitative estimate of drug-likeness (QED) is 0.514. The highest BCUT2D eigenvalue weighted by Gasteiger charge is 2.09. The van der Waals surface area contributed by atoms with E-state index in [2.05, 4.69) is 0 Å². The molecule has 2 rings (SSSR count). The molecule has 25 heavy (non-hydrogen) atoms. The Hall–Kier alpha value is -3.02. The molecule has 0 saturated heterocycles. The summed E-state index contributed by atoms with van der Waals surface area (Å²) in [5, 5.41) is 0. The first kappa shape index (κ1) is 18.3. The second kappa shape index (κ2) is 9.97. The van der Waals surface area contributed by atoms with E-state index in [1.165, 1.54) is 6.07 Å². The van der Waals surface area contributed by atoms with Crippen molar-refractivity contribution in [2.24, 2.45) is 0 Å². The smallest absolute Gasteiger partial charge is 0.344 e. The molecular weight excluding hydrogens is 324 g/mol. The van der Waals surface area contributed by atoms with E-state index in [9.17, 15) is 9.59 Å². The second-order valence-electron chi connectivity index (χ2n) is 4.92. The Morgan fingerprint density at radius 2 is 1.60 bits per heavy atom. The Morgan fingerprint density at radius 3 is 2.36 bits per heavy atom. The van der Waals surface area contributed by atoms with Crippen molar-refractivity contribution in [3.63, 3.8) is 0 Å². The molecule has 0 heterocycles. The largest absolute Gasteiger partial charge is 0.490 e. The highest BCUT2D eigenvalue weighted by atomic mass is 16.6. The minimum Gasteiger partial charge on any atom is -0.490 e. The molecule has 0 radical (unpaired) electrons. The summed E-state index contributed by atoms with van der Waals surface area (Å²) in [4.78, 5) is 23.3. The normalized spacial score (nSPS) is 9.96. The third-order valence-electron chi connectivity index (χ3n) is 3.06. The van der Waals surface area contributed by atoms with E-state index < -0.39 is 11.9 Å². The van der Waals surface area contributed by atoms with E-state index in [-0.39, 0.29) is 19.8 Å². The molecule has 0 unspecified atom stereocenters. The lowest BCUT2D eigenvalue weighted by Gasteiger charge is -2.09. The fourth-order valence-electron chi connectivity index (χ4n) is 1.94. The molecule has 0 aliphatic carbocycles. The average Bonchev–Trinajstić information content (AvgIpc) is 2.65. The standard InChI is InChI=1S/C19H20O6/c1-2-22-19(21)15-7-6-10-17(13-15)25-14-18(20)24-12-11-23-16-8-4-3-5-9-16/h3-10,13H,2,11-12,14H2,1H3. The number of hydrogen-bond acceptors (Lipinski definition) is 6. The molecule has 0 amide bonds. The van der Waals surface area contributed by atoms with Gasteiger partial charge in [0.1, 0.15) is 24.7 Å². The molecule has 132 valence electrons. The van der Waals surface area contributed by atoms with Gasteiger partial charge in [-0.1, -0.05) is 24.3 Å². The van der Waals surface area contributed by atoms with Gasteiger partial charge in [-0.3, -0.25) is 0 Å². The van der Waals surface area contributed by atoms with Gasteiger partial charge in [-0.2, -0.15) is 0 Å². The van der Waals surface area contributed by atoms with Crippen molar-refractivity contribution < 1.29 is 28.5 Å². The van der Waals surface area contributed by atoms with Crippen LogP contribution in [0.15, 0.2) is 54.6 Å². The fraction of sp³-hybridized carbons (Fsp3) is 0.263. The van der Waals surface area contributed by atoms with Gasteiger partial charge in [-0.05, 0) is 37.3 Å². The van der Waals surface area contributed by atoms with Crippen LogP contribution in [0.1, 0.15) is 17.3 Å². The molecule has 0 bridgehead atoms. The Kier molecular flexibility index (Phi) is 7.31. The molecule has 0 aliphatic heterocycles. The first-order valence-electron chi connectivity index (χ1n) is 7.92. The summed E-state index contributed by atoms with van der Waals surface area (Å²) in [6.07, 6.45) is 0. The molecule has 2 aromatic carbocycles. The summed E-state index contributed by atoms with van der Waals surface area (Å²) in [6, 6.07) is 15.7. The number of ether oxygens (including phenoxy) is 4. The van der Waals surface area contributed by atoms with Crippen LogP contribution in [0.3, 0.4) is 0 Å². The minimum atomic E-state index is -0.516. The molecular formula is C19H20O6. The number of carbonyl (C=O) groups is 2. The number of benzene rings is 2. The zero-order valence-electron chi connectivity index (χ0n) is 14.0. The van der Waals surface area contributed by atoms with E-state index in [4.69, 9.17) is 18.9 Å². The Labute approximate surface area is 146 Å². The maximum Gasteiger partial charge on any atom is 0.344 e. The van der Waals surface area contributed by atoms with Crippen LogP contribution in [-0.4, -0.2) is 38.4 Å². The van der Waals surface area contributed by atoms with Crippen LogP contribution in [0.5, 0.6) is 11.5 Å². The predicted octanol–water partition coefficient (Wildman–Crippen LogP) is 2.86. The molecule has 2 aromatic rings. The van der Waals surface area contributed by atoms with E-state index in [1.54, 1.807) is 25.1 Å². The van der Waals surface area contributed by atoms with E-state index in [1.807, 2.05) is 30.3 Å². The van der Waals surface area contributed by atoms with Gasteiger partial charge >= 0.3 is 11.9 Å². The summed E-state index contributed by atoms with van der Waals surface area (Å²) in [7, 11) is 0. The molecule has 0 aliphatic rings. The maximum atomic E-state index is 11.7. The first-order valence-corrected chi connectivity index (χ1v) is 7.92. The van der Waals surface area contributed by atoms with Gasteiger partial charge in [0, 0.05) is 0 Å². The highest BCUT2D eigenvalue weighted by Crippen LogP contribution is 2.14. The molecule has 0 N–H and O–H groups in total. The second-order valence-corrected chi connectivity index (χ2v) is 4.92. The lowest BCUT2D eigenvalue weighted by molar-refractivity contribution is -0.146. The van der Waals surface area contributed by atoms with Crippen LogP contribution in [-0.2, 0) is 14.3 Å². The summed E-state index contributed by atoms with van der Waals surface area (Å²) in [5.41, 5.74) is 0.365. The van der Waals surface area contributed by atoms with Gasteiger partial charge in [-0.15, -0.1) is 0 Å². The molecule has 0 fully saturated rings. The van der Waals surface area contributed by atoms with Gasteiger partial charge in [0.15, 0.2) is 6.61 Å². The van der Waals surface area contributed by atoms with E-state index in [0.717, 1.165) is 0 Å². The van der Waals surface area contributed by atoms with Crippen molar-refractivity contribution in [3.05, 3.63) is 60.2 Å². The zero-order valence-corrected chi connectivity index (χ0v) is 14.0. The molecule has 0 saturated carbocycles. The Bertz CT molecular complexity index is 683. The highest BCUT2D eigenvalue weighted by molar-refractivity contribution is 5.89. The number of para-hydroxylation sites is 1. The van der Waals surface area contributed by atoms with Crippen LogP contribution in [0, 0.1) is 0 Å². The average molecular weight is 344 g/mol. The molecule has 0 aromatic heterocycles. The topological polar surface area (TPSA) is 71.1 Å². The monoisotopic (exact) mass is 344 g/mol. The SMILES string of the molecule is CCOC(=O)c1cccc(OCC(=O)OCCOc2ccccc2)c1. The van der Waals surface area contributed by atoms with Crippen molar-refractivity contribution in [3.8, 4) is 11.5 Å². The van der Waals surface area contributed by atoms with Gasteiger partial charge in [0.05, 0.1) is 12.2 Å². The van der Waals surface area contributed by atoms with Gasteiger partial charge in [-0.25, -0.2) is 9.59 Å². The zero-order chi connectivity index (χ0) is 17.9. The van der Waals surface area contributed by atoms with Crippen LogP contribution < -0.4 is 9.47 Å². The Balaban J connectivity index is 1.69. The number of carbonyl (C=O) groups excluding carboxylic acids is 2.